The number of hydrogen-bond acceptors (Lipinski definition) is 1. The Hall–Kier alpha value is -1.80. The van der Waals surface area contributed by atoms with E-state index in [1.54, 1.807) is 12.1 Å². The molecule has 2 aromatic carbocycles. The van der Waals surface area contributed by atoms with Gasteiger partial charge in [-0.15, -0.1) is 0 Å². The van der Waals surface area contributed by atoms with E-state index in [0.717, 1.165) is 12.0 Å². The van der Waals surface area contributed by atoms with E-state index in [4.69, 9.17) is 11.6 Å². The Morgan fingerprint density at radius 2 is 1.74 bits per heavy atom. The van der Waals surface area contributed by atoms with Crippen LogP contribution in [0.2, 0.25) is 5.02 Å². The Labute approximate surface area is 118 Å². The van der Waals surface area contributed by atoms with Gasteiger partial charge in [0.1, 0.15) is 0 Å². The third-order valence-electron chi connectivity index (χ3n) is 3.06. The van der Waals surface area contributed by atoms with Gasteiger partial charge in [0.15, 0.2) is 0 Å². The van der Waals surface area contributed by atoms with Crippen LogP contribution in [0.15, 0.2) is 54.6 Å². The van der Waals surface area contributed by atoms with E-state index in [1.165, 1.54) is 0 Å². The normalized spacial score (nSPS) is 11.9. The molecule has 1 N–H and O–H groups in total. The minimum atomic E-state index is -0.155. The number of anilines is 1. The first-order valence-corrected chi connectivity index (χ1v) is 6.70. The number of carbonyl (C=O) groups excluding carboxylic acids is 1. The van der Waals surface area contributed by atoms with E-state index in [-0.39, 0.29) is 11.8 Å². The maximum atomic E-state index is 12.3. The fourth-order valence-electron chi connectivity index (χ4n) is 2.04. The molecule has 0 unspecified atom stereocenters. The summed E-state index contributed by atoms with van der Waals surface area (Å²) in [7, 11) is 0. The summed E-state index contributed by atoms with van der Waals surface area (Å²) >= 11 is 6.05. The van der Waals surface area contributed by atoms with E-state index in [1.807, 2.05) is 49.4 Å². The van der Waals surface area contributed by atoms with Gasteiger partial charge in [-0.25, -0.2) is 0 Å². The summed E-state index contributed by atoms with van der Waals surface area (Å²) in [5.74, 6) is -0.181. The lowest BCUT2D eigenvalue weighted by molar-refractivity contribution is -0.117. The Morgan fingerprint density at radius 3 is 2.37 bits per heavy atom. The Balaban J connectivity index is 2.17. The van der Waals surface area contributed by atoms with Gasteiger partial charge in [0.2, 0.25) is 5.91 Å². The maximum absolute atomic E-state index is 12.3. The van der Waals surface area contributed by atoms with Crippen LogP contribution in [-0.4, -0.2) is 5.91 Å². The summed E-state index contributed by atoms with van der Waals surface area (Å²) in [4.78, 5) is 12.3. The van der Waals surface area contributed by atoms with Crippen LogP contribution in [0, 0.1) is 0 Å². The maximum Gasteiger partial charge on any atom is 0.231 e. The number of amides is 1. The van der Waals surface area contributed by atoms with Crippen molar-refractivity contribution in [3.8, 4) is 0 Å². The molecular formula is C16H16ClNO. The van der Waals surface area contributed by atoms with Gasteiger partial charge in [-0.1, -0.05) is 61.0 Å². The Kier molecular flexibility index (Phi) is 4.58. The molecular weight excluding hydrogens is 258 g/mol. The van der Waals surface area contributed by atoms with E-state index in [9.17, 15) is 4.79 Å². The molecule has 2 nitrogen and oxygen atoms in total. The fraction of sp³-hybridized carbons (Fsp3) is 0.188. The zero-order valence-electron chi connectivity index (χ0n) is 10.8. The first kappa shape index (κ1) is 13.6. The Morgan fingerprint density at radius 1 is 1.11 bits per heavy atom. The van der Waals surface area contributed by atoms with Crippen molar-refractivity contribution in [2.45, 2.75) is 19.3 Å². The molecule has 0 aliphatic carbocycles. The number of benzene rings is 2. The third kappa shape index (κ3) is 3.36. The topological polar surface area (TPSA) is 29.1 Å². The second-order valence-electron chi connectivity index (χ2n) is 4.34. The first-order chi connectivity index (χ1) is 9.22. The third-order valence-corrected chi connectivity index (χ3v) is 3.39. The van der Waals surface area contributed by atoms with Crippen LogP contribution in [-0.2, 0) is 4.79 Å². The molecule has 0 aliphatic heterocycles. The number of nitrogens with one attached hydrogen (secondary N) is 1. The van der Waals surface area contributed by atoms with Gasteiger partial charge < -0.3 is 5.32 Å². The molecule has 0 saturated heterocycles. The second-order valence-corrected chi connectivity index (χ2v) is 4.75. The zero-order valence-corrected chi connectivity index (χ0v) is 11.5. The highest BCUT2D eigenvalue weighted by atomic mass is 35.5. The number of halogens is 1. The van der Waals surface area contributed by atoms with Gasteiger partial charge in [0.05, 0.1) is 16.6 Å². The molecule has 2 rings (SSSR count). The average Bonchev–Trinajstić information content (AvgIpc) is 2.43. The minimum absolute atomic E-state index is 0.0261. The smallest absolute Gasteiger partial charge is 0.231 e. The lowest BCUT2D eigenvalue weighted by Crippen LogP contribution is -2.20. The monoisotopic (exact) mass is 273 g/mol. The summed E-state index contributed by atoms with van der Waals surface area (Å²) in [6, 6.07) is 17.0. The molecule has 2 aromatic rings. The standard InChI is InChI=1S/C16H16ClNO/c1-2-13(12-8-4-3-5-9-12)16(19)18-15-11-7-6-10-14(15)17/h3-11,13H,2H2,1H3,(H,18,19)/t13-/m1/s1. The first-order valence-electron chi connectivity index (χ1n) is 6.32. The molecule has 0 radical (unpaired) electrons. The summed E-state index contributed by atoms with van der Waals surface area (Å²) < 4.78 is 0. The zero-order chi connectivity index (χ0) is 13.7. The van der Waals surface area contributed by atoms with Crippen molar-refractivity contribution in [3.05, 3.63) is 65.2 Å². The fourth-order valence-corrected chi connectivity index (χ4v) is 2.22. The predicted molar refractivity (Wildman–Crippen MR) is 79.6 cm³/mol. The minimum Gasteiger partial charge on any atom is -0.324 e. The quantitative estimate of drug-likeness (QED) is 0.875. The van der Waals surface area contributed by atoms with Gasteiger partial charge >= 0.3 is 0 Å². The molecule has 0 aromatic heterocycles. The van der Waals surface area contributed by atoms with Crippen LogP contribution >= 0.6 is 11.6 Å². The van der Waals surface area contributed by atoms with Crippen molar-refractivity contribution < 1.29 is 4.79 Å². The Bertz CT molecular complexity index is 554. The molecule has 0 saturated carbocycles. The highest BCUT2D eigenvalue weighted by Gasteiger charge is 2.18. The van der Waals surface area contributed by atoms with Crippen molar-refractivity contribution in [1.82, 2.24) is 0 Å². The lowest BCUT2D eigenvalue weighted by atomic mass is 9.95. The number of rotatable bonds is 4. The molecule has 3 heteroatoms. The van der Waals surface area contributed by atoms with Crippen LogP contribution in [0.25, 0.3) is 0 Å². The molecule has 0 fully saturated rings. The molecule has 1 atom stereocenters. The van der Waals surface area contributed by atoms with Crippen molar-refractivity contribution in [2.24, 2.45) is 0 Å². The van der Waals surface area contributed by atoms with Crippen molar-refractivity contribution >= 4 is 23.2 Å². The van der Waals surface area contributed by atoms with Gasteiger partial charge in [-0.05, 0) is 24.1 Å². The average molecular weight is 274 g/mol. The molecule has 0 aliphatic rings. The van der Waals surface area contributed by atoms with E-state index < -0.39 is 0 Å². The van der Waals surface area contributed by atoms with Gasteiger partial charge in [0, 0.05) is 0 Å². The number of hydrogen-bond donors (Lipinski definition) is 1. The summed E-state index contributed by atoms with van der Waals surface area (Å²) in [6.45, 7) is 2.00. The van der Waals surface area contributed by atoms with Crippen LogP contribution in [0.5, 0.6) is 0 Å². The predicted octanol–water partition coefficient (Wildman–Crippen LogP) is 4.47. The summed E-state index contributed by atoms with van der Waals surface area (Å²) in [6.07, 6.45) is 0.750. The molecule has 0 heterocycles. The van der Waals surface area contributed by atoms with E-state index in [0.29, 0.717) is 10.7 Å². The molecule has 1 amide bonds. The molecule has 19 heavy (non-hydrogen) atoms. The largest absolute Gasteiger partial charge is 0.324 e. The summed E-state index contributed by atoms with van der Waals surface area (Å²) in [5.41, 5.74) is 1.68. The summed E-state index contributed by atoms with van der Waals surface area (Å²) in [5, 5.41) is 3.44. The molecule has 98 valence electrons. The van der Waals surface area contributed by atoms with Gasteiger partial charge in [-0.3, -0.25) is 4.79 Å². The number of para-hydroxylation sites is 1. The van der Waals surface area contributed by atoms with Crippen LogP contribution in [0.4, 0.5) is 5.69 Å². The van der Waals surface area contributed by atoms with E-state index >= 15 is 0 Å². The van der Waals surface area contributed by atoms with E-state index in [2.05, 4.69) is 5.32 Å². The van der Waals surface area contributed by atoms with Crippen LogP contribution in [0.3, 0.4) is 0 Å². The number of carbonyl (C=O) groups is 1. The second kappa shape index (κ2) is 6.39. The highest BCUT2D eigenvalue weighted by molar-refractivity contribution is 6.33. The van der Waals surface area contributed by atoms with Crippen molar-refractivity contribution in [2.75, 3.05) is 5.32 Å². The lowest BCUT2D eigenvalue weighted by Gasteiger charge is -2.16. The van der Waals surface area contributed by atoms with Gasteiger partial charge in [-0.2, -0.15) is 0 Å². The highest BCUT2D eigenvalue weighted by Crippen LogP contribution is 2.25. The molecule has 0 spiro atoms. The van der Waals surface area contributed by atoms with Crippen LogP contribution < -0.4 is 5.32 Å². The van der Waals surface area contributed by atoms with Crippen molar-refractivity contribution in [3.63, 3.8) is 0 Å². The SMILES string of the molecule is CC[C@@H](C(=O)Nc1ccccc1Cl)c1ccccc1. The van der Waals surface area contributed by atoms with Gasteiger partial charge in [0.25, 0.3) is 0 Å². The van der Waals surface area contributed by atoms with Crippen LogP contribution in [0.1, 0.15) is 24.8 Å². The van der Waals surface area contributed by atoms with Crippen molar-refractivity contribution in [1.29, 1.82) is 0 Å². The molecule has 0 bridgehead atoms.